The van der Waals surface area contributed by atoms with Gasteiger partial charge in [0.15, 0.2) is 11.5 Å². The van der Waals surface area contributed by atoms with E-state index in [0.717, 1.165) is 32.8 Å². The molecular formula is C16H23BrN2O5. The van der Waals surface area contributed by atoms with Crippen molar-refractivity contribution in [1.29, 1.82) is 0 Å². The second kappa shape index (κ2) is 9.10. The lowest BCUT2D eigenvalue weighted by atomic mass is 10.1. The van der Waals surface area contributed by atoms with Crippen molar-refractivity contribution in [3.05, 3.63) is 16.1 Å². The zero-order valence-electron chi connectivity index (χ0n) is 14.2. The van der Waals surface area contributed by atoms with Gasteiger partial charge in [0.2, 0.25) is 5.75 Å². The number of morpholine rings is 1. The van der Waals surface area contributed by atoms with E-state index in [0.29, 0.717) is 33.8 Å². The van der Waals surface area contributed by atoms with E-state index in [1.807, 2.05) is 0 Å². The molecular weight excluding hydrogens is 380 g/mol. The highest BCUT2D eigenvalue weighted by atomic mass is 79.9. The Kier molecular flexibility index (Phi) is 7.14. The van der Waals surface area contributed by atoms with Gasteiger partial charge in [0.05, 0.1) is 44.6 Å². The maximum Gasteiger partial charge on any atom is 0.252 e. The summed E-state index contributed by atoms with van der Waals surface area (Å²) in [6, 6.07) is 1.63. The Labute approximate surface area is 150 Å². The number of hydrogen-bond donors (Lipinski definition) is 1. The Hall–Kier alpha value is -1.51. The molecule has 0 saturated carbocycles. The number of nitrogens with zero attached hydrogens (tertiary/aromatic N) is 1. The number of benzene rings is 1. The van der Waals surface area contributed by atoms with Crippen LogP contribution < -0.4 is 19.5 Å². The molecule has 0 spiro atoms. The third kappa shape index (κ3) is 4.31. The summed E-state index contributed by atoms with van der Waals surface area (Å²) in [7, 11) is 4.56. The second-order valence-electron chi connectivity index (χ2n) is 5.22. The Bertz CT molecular complexity index is 576. The predicted octanol–water partition coefficient (Wildman–Crippen LogP) is 1.54. The fourth-order valence-corrected chi connectivity index (χ4v) is 3.17. The van der Waals surface area contributed by atoms with Crippen molar-refractivity contribution in [2.45, 2.75) is 0 Å². The standard InChI is InChI=1S/C16H23BrN2O5/c1-21-12-10-11(13(17)15(23-3)14(12)22-2)16(20)18-4-5-19-6-8-24-9-7-19/h10H,4-9H2,1-3H3,(H,18,20). The number of methoxy groups -OCH3 is 3. The Morgan fingerprint density at radius 2 is 1.88 bits per heavy atom. The van der Waals surface area contributed by atoms with Crippen LogP contribution in [0.5, 0.6) is 17.2 Å². The van der Waals surface area contributed by atoms with Crippen LogP contribution in [0.2, 0.25) is 0 Å². The predicted molar refractivity (Wildman–Crippen MR) is 93.4 cm³/mol. The van der Waals surface area contributed by atoms with Crippen LogP contribution >= 0.6 is 15.9 Å². The van der Waals surface area contributed by atoms with E-state index in [9.17, 15) is 4.79 Å². The van der Waals surface area contributed by atoms with E-state index < -0.39 is 0 Å². The summed E-state index contributed by atoms with van der Waals surface area (Å²) in [5.41, 5.74) is 0.437. The van der Waals surface area contributed by atoms with Crippen LogP contribution in [-0.4, -0.2) is 71.5 Å². The van der Waals surface area contributed by atoms with Gasteiger partial charge in [-0.2, -0.15) is 0 Å². The maximum atomic E-state index is 12.5. The van der Waals surface area contributed by atoms with Crippen LogP contribution in [0.15, 0.2) is 10.5 Å². The van der Waals surface area contributed by atoms with E-state index in [4.69, 9.17) is 18.9 Å². The number of carbonyl (C=O) groups is 1. The monoisotopic (exact) mass is 402 g/mol. The molecule has 2 rings (SSSR count). The van der Waals surface area contributed by atoms with Gasteiger partial charge in [0.1, 0.15) is 0 Å². The van der Waals surface area contributed by atoms with Crippen LogP contribution in [0.1, 0.15) is 10.4 Å². The van der Waals surface area contributed by atoms with Crippen LogP contribution in [0, 0.1) is 0 Å². The summed E-state index contributed by atoms with van der Waals surface area (Å²) < 4.78 is 21.8. The number of carbonyl (C=O) groups excluding carboxylic acids is 1. The molecule has 1 aromatic rings. The SMILES string of the molecule is COc1cc(C(=O)NCCN2CCOCC2)c(Br)c(OC)c1OC. The van der Waals surface area contributed by atoms with Crippen molar-refractivity contribution < 1.29 is 23.7 Å². The first-order chi connectivity index (χ1) is 11.6. The molecule has 0 aromatic heterocycles. The summed E-state index contributed by atoms with van der Waals surface area (Å²) >= 11 is 3.42. The summed E-state index contributed by atoms with van der Waals surface area (Å²) in [6.07, 6.45) is 0. The lowest BCUT2D eigenvalue weighted by molar-refractivity contribution is 0.0383. The van der Waals surface area contributed by atoms with Crippen LogP contribution in [0.25, 0.3) is 0 Å². The Morgan fingerprint density at radius 3 is 2.46 bits per heavy atom. The van der Waals surface area contributed by atoms with Gasteiger partial charge in [0, 0.05) is 26.2 Å². The molecule has 8 heteroatoms. The van der Waals surface area contributed by atoms with Gasteiger partial charge in [-0.25, -0.2) is 0 Å². The van der Waals surface area contributed by atoms with Crippen molar-refractivity contribution in [3.8, 4) is 17.2 Å². The Morgan fingerprint density at radius 1 is 1.21 bits per heavy atom. The third-order valence-electron chi connectivity index (χ3n) is 3.83. The molecule has 0 unspecified atom stereocenters. The molecule has 1 saturated heterocycles. The first-order valence-electron chi connectivity index (χ1n) is 7.69. The maximum absolute atomic E-state index is 12.5. The molecule has 0 bridgehead atoms. The summed E-state index contributed by atoms with van der Waals surface area (Å²) in [5.74, 6) is 1.11. The quantitative estimate of drug-likeness (QED) is 0.745. The smallest absolute Gasteiger partial charge is 0.252 e. The van der Waals surface area contributed by atoms with E-state index in [1.165, 1.54) is 21.3 Å². The first kappa shape index (κ1) is 18.8. The molecule has 1 aliphatic rings. The molecule has 1 fully saturated rings. The fourth-order valence-electron chi connectivity index (χ4n) is 2.53. The summed E-state index contributed by atoms with van der Waals surface area (Å²) in [5, 5.41) is 2.92. The van der Waals surface area contributed by atoms with Gasteiger partial charge in [-0.15, -0.1) is 0 Å². The lowest BCUT2D eigenvalue weighted by Crippen LogP contribution is -2.41. The van der Waals surface area contributed by atoms with Gasteiger partial charge in [-0.3, -0.25) is 9.69 Å². The molecule has 134 valence electrons. The molecule has 24 heavy (non-hydrogen) atoms. The van der Waals surface area contributed by atoms with E-state index in [2.05, 4.69) is 26.1 Å². The Balaban J connectivity index is 2.07. The normalized spacial score (nSPS) is 15.0. The van der Waals surface area contributed by atoms with Crippen molar-refractivity contribution in [3.63, 3.8) is 0 Å². The van der Waals surface area contributed by atoms with E-state index in [1.54, 1.807) is 6.07 Å². The van der Waals surface area contributed by atoms with Gasteiger partial charge in [-0.1, -0.05) is 0 Å². The second-order valence-corrected chi connectivity index (χ2v) is 6.01. The van der Waals surface area contributed by atoms with Gasteiger partial charge < -0.3 is 24.3 Å². The highest BCUT2D eigenvalue weighted by Crippen LogP contribution is 2.44. The third-order valence-corrected chi connectivity index (χ3v) is 4.62. The van der Waals surface area contributed by atoms with Crippen LogP contribution in [0.3, 0.4) is 0 Å². The summed E-state index contributed by atoms with van der Waals surface area (Å²) in [6.45, 7) is 4.62. The zero-order valence-corrected chi connectivity index (χ0v) is 15.8. The van der Waals surface area contributed by atoms with Crippen LogP contribution in [0.4, 0.5) is 0 Å². The first-order valence-corrected chi connectivity index (χ1v) is 8.48. The number of ether oxygens (including phenoxy) is 4. The number of nitrogens with one attached hydrogen (secondary N) is 1. The van der Waals surface area contributed by atoms with Crippen molar-refractivity contribution >= 4 is 21.8 Å². The minimum atomic E-state index is -0.200. The molecule has 1 amide bonds. The molecule has 1 N–H and O–H groups in total. The van der Waals surface area contributed by atoms with Crippen molar-refractivity contribution in [1.82, 2.24) is 10.2 Å². The average molecular weight is 403 g/mol. The molecule has 0 radical (unpaired) electrons. The molecule has 1 aromatic carbocycles. The lowest BCUT2D eigenvalue weighted by Gasteiger charge is -2.26. The van der Waals surface area contributed by atoms with Gasteiger partial charge in [0.25, 0.3) is 5.91 Å². The van der Waals surface area contributed by atoms with Gasteiger partial charge >= 0.3 is 0 Å². The van der Waals surface area contributed by atoms with E-state index in [-0.39, 0.29) is 5.91 Å². The zero-order chi connectivity index (χ0) is 17.5. The minimum absolute atomic E-state index is 0.200. The van der Waals surface area contributed by atoms with Crippen molar-refractivity contribution in [2.75, 3.05) is 60.7 Å². The number of rotatable bonds is 7. The molecule has 0 aliphatic carbocycles. The van der Waals surface area contributed by atoms with Crippen molar-refractivity contribution in [2.24, 2.45) is 0 Å². The number of halogens is 1. The average Bonchev–Trinajstić information content (AvgIpc) is 2.61. The molecule has 7 nitrogen and oxygen atoms in total. The molecule has 1 heterocycles. The topological polar surface area (TPSA) is 69.3 Å². The largest absolute Gasteiger partial charge is 0.493 e. The highest BCUT2D eigenvalue weighted by Gasteiger charge is 2.22. The molecule has 0 atom stereocenters. The highest BCUT2D eigenvalue weighted by molar-refractivity contribution is 9.10. The number of amides is 1. The molecule has 1 aliphatic heterocycles. The fraction of sp³-hybridized carbons (Fsp3) is 0.562. The van der Waals surface area contributed by atoms with Crippen LogP contribution in [-0.2, 0) is 4.74 Å². The van der Waals surface area contributed by atoms with Gasteiger partial charge in [-0.05, 0) is 22.0 Å². The minimum Gasteiger partial charge on any atom is -0.493 e. The summed E-state index contributed by atoms with van der Waals surface area (Å²) in [4.78, 5) is 14.8. The number of hydrogen-bond acceptors (Lipinski definition) is 6. The van der Waals surface area contributed by atoms with E-state index >= 15 is 0 Å².